The minimum Gasteiger partial charge on any atom is -0.356 e. The molecule has 2 atom stereocenters. The monoisotopic (exact) mass is 239 g/mol. The number of rotatable bonds is 4. The van der Waals surface area contributed by atoms with E-state index >= 15 is 0 Å². The number of hydrogen-bond acceptors (Lipinski definition) is 1. The van der Waals surface area contributed by atoms with Gasteiger partial charge in [0, 0.05) is 20.1 Å². The van der Waals surface area contributed by atoms with E-state index in [0.717, 1.165) is 30.9 Å². The molecule has 2 N–H and O–H groups in total. The molecule has 1 saturated carbocycles. The molecule has 3 heteroatoms. The smallest absolute Gasteiger partial charge is 0.190 e. The molecule has 0 radical (unpaired) electrons. The molecular formula is C14H29N3. The lowest BCUT2D eigenvalue weighted by Crippen LogP contribution is -2.41. The summed E-state index contributed by atoms with van der Waals surface area (Å²) >= 11 is 0. The second-order valence-corrected chi connectivity index (χ2v) is 5.87. The van der Waals surface area contributed by atoms with Gasteiger partial charge in [-0.2, -0.15) is 0 Å². The van der Waals surface area contributed by atoms with Gasteiger partial charge in [-0.25, -0.2) is 0 Å². The lowest BCUT2D eigenvalue weighted by molar-refractivity contribution is 0.282. The highest BCUT2D eigenvalue weighted by molar-refractivity contribution is 5.79. The van der Waals surface area contributed by atoms with Crippen LogP contribution in [0.3, 0.4) is 0 Å². The predicted molar refractivity (Wildman–Crippen MR) is 75.3 cm³/mol. The molecule has 1 aliphatic rings. The molecule has 0 saturated heterocycles. The largest absolute Gasteiger partial charge is 0.356 e. The molecule has 1 fully saturated rings. The molecule has 0 aromatic heterocycles. The Morgan fingerprint density at radius 2 is 2.06 bits per heavy atom. The molecular weight excluding hydrogens is 210 g/mol. The fourth-order valence-corrected chi connectivity index (χ4v) is 2.51. The van der Waals surface area contributed by atoms with Crippen molar-refractivity contribution in [2.45, 2.75) is 46.5 Å². The minimum absolute atomic E-state index is 0.656. The maximum atomic E-state index is 4.26. The topological polar surface area (TPSA) is 36.4 Å². The molecule has 100 valence electrons. The summed E-state index contributed by atoms with van der Waals surface area (Å²) in [5, 5.41) is 6.81. The van der Waals surface area contributed by atoms with Crippen molar-refractivity contribution in [3.05, 3.63) is 0 Å². The number of nitrogens with one attached hydrogen (secondary N) is 2. The van der Waals surface area contributed by atoms with Crippen molar-refractivity contribution in [3.8, 4) is 0 Å². The zero-order valence-corrected chi connectivity index (χ0v) is 11.9. The lowest BCUT2D eigenvalue weighted by atomic mass is 9.82. The van der Waals surface area contributed by atoms with Crippen LogP contribution >= 0.6 is 0 Å². The van der Waals surface area contributed by atoms with Gasteiger partial charge in [0.15, 0.2) is 5.96 Å². The first-order valence-corrected chi connectivity index (χ1v) is 7.06. The Bertz CT molecular complexity index is 236. The van der Waals surface area contributed by atoms with E-state index in [4.69, 9.17) is 0 Å². The predicted octanol–water partition coefficient (Wildman–Crippen LogP) is 2.63. The van der Waals surface area contributed by atoms with E-state index in [2.05, 4.69) is 36.4 Å². The number of nitrogens with zero attached hydrogens (tertiary/aromatic N) is 1. The maximum Gasteiger partial charge on any atom is 0.190 e. The Hall–Kier alpha value is -0.730. The molecule has 2 unspecified atom stereocenters. The number of aliphatic imine (C=N–C) groups is 1. The normalized spacial score (nSPS) is 26.1. The Morgan fingerprint density at radius 1 is 1.29 bits per heavy atom. The third-order valence-electron chi connectivity index (χ3n) is 3.50. The third kappa shape index (κ3) is 5.94. The van der Waals surface area contributed by atoms with Crippen LogP contribution in [0.25, 0.3) is 0 Å². The van der Waals surface area contributed by atoms with Crippen molar-refractivity contribution in [2.75, 3.05) is 20.1 Å². The molecule has 17 heavy (non-hydrogen) atoms. The van der Waals surface area contributed by atoms with Crippen LogP contribution in [-0.4, -0.2) is 26.1 Å². The van der Waals surface area contributed by atoms with Crippen molar-refractivity contribution in [1.82, 2.24) is 10.6 Å². The van der Waals surface area contributed by atoms with Crippen molar-refractivity contribution in [2.24, 2.45) is 22.7 Å². The van der Waals surface area contributed by atoms with E-state index in [9.17, 15) is 0 Å². The van der Waals surface area contributed by atoms with Crippen LogP contribution in [0.15, 0.2) is 4.99 Å². The maximum absolute atomic E-state index is 4.26. The van der Waals surface area contributed by atoms with Gasteiger partial charge in [-0.1, -0.05) is 33.6 Å². The summed E-state index contributed by atoms with van der Waals surface area (Å²) in [5.74, 6) is 3.35. The summed E-state index contributed by atoms with van der Waals surface area (Å²) in [6.45, 7) is 8.85. The van der Waals surface area contributed by atoms with Gasteiger partial charge in [0.2, 0.25) is 0 Å². The molecule has 1 rings (SSSR count). The van der Waals surface area contributed by atoms with E-state index in [1.165, 1.54) is 25.7 Å². The van der Waals surface area contributed by atoms with Crippen molar-refractivity contribution in [1.29, 1.82) is 0 Å². The summed E-state index contributed by atoms with van der Waals surface area (Å²) in [6.07, 6.45) is 5.55. The van der Waals surface area contributed by atoms with Gasteiger partial charge in [-0.15, -0.1) is 0 Å². The Morgan fingerprint density at radius 3 is 2.65 bits per heavy atom. The van der Waals surface area contributed by atoms with Gasteiger partial charge in [-0.3, -0.25) is 4.99 Å². The fraction of sp³-hybridized carbons (Fsp3) is 0.929. The van der Waals surface area contributed by atoms with Crippen LogP contribution in [0.1, 0.15) is 46.5 Å². The molecule has 0 heterocycles. The molecule has 0 bridgehead atoms. The first-order chi connectivity index (χ1) is 8.11. The van der Waals surface area contributed by atoms with E-state index in [1.54, 1.807) is 0 Å². The average molecular weight is 239 g/mol. The number of hydrogen-bond donors (Lipinski definition) is 2. The van der Waals surface area contributed by atoms with E-state index in [-0.39, 0.29) is 0 Å². The summed E-state index contributed by atoms with van der Waals surface area (Å²) in [4.78, 5) is 4.26. The quantitative estimate of drug-likeness (QED) is 0.584. The Labute approximate surface area is 106 Å². The summed E-state index contributed by atoms with van der Waals surface area (Å²) < 4.78 is 0. The van der Waals surface area contributed by atoms with E-state index < -0.39 is 0 Å². The van der Waals surface area contributed by atoms with Crippen molar-refractivity contribution < 1.29 is 0 Å². The van der Waals surface area contributed by atoms with Gasteiger partial charge in [0.05, 0.1) is 0 Å². The average Bonchev–Trinajstić information content (AvgIpc) is 2.29. The van der Waals surface area contributed by atoms with Crippen LogP contribution in [0.5, 0.6) is 0 Å². The highest BCUT2D eigenvalue weighted by Crippen LogP contribution is 2.27. The Kier molecular flexibility index (Phi) is 6.38. The first-order valence-electron chi connectivity index (χ1n) is 7.06. The first kappa shape index (κ1) is 14.3. The van der Waals surface area contributed by atoms with Crippen LogP contribution in [0.4, 0.5) is 0 Å². The van der Waals surface area contributed by atoms with Crippen LogP contribution < -0.4 is 10.6 Å². The standard InChI is InChI=1S/C14H29N3/c1-11(2)9-16-14(15-4)17-10-13-7-5-6-12(3)8-13/h11-13H,5-10H2,1-4H3,(H2,15,16,17). The molecule has 3 nitrogen and oxygen atoms in total. The molecule has 0 aromatic carbocycles. The van der Waals surface area contributed by atoms with Crippen LogP contribution in [-0.2, 0) is 0 Å². The third-order valence-corrected chi connectivity index (χ3v) is 3.50. The highest BCUT2D eigenvalue weighted by Gasteiger charge is 2.18. The second kappa shape index (κ2) is 7.57. The zero-order valence-electron chi connectivity index (χ0n) is 11.9. The zero-order chi connectivity index (χ0) is 12.7. The van der Waals surface area contributed by atoms with E-state index in [1.807, 2.05) is 7.05 Å². The molecule has 0 aromatic rings. The second-order valence-electron chi connectivity index (χ2n) is 5.87. The summed E-state index contributed by atoms with van der Waals surface area (Å²) in [6, 6.07) is 0. The van der Waals surface area contributed by atoms with Crippen LogP contribution in [0, 0.1) is 17.8 Å². The van der Waals surface area contributed by atoms with E-state index in [0.29, 0.717) is 5.92 Å². The minimum atomic E-state index is 0.656. The van der Waals surface area contributed by atoms with Gasteiger partial charge in [0.1, 0.15) is 0 Å². The fourth-order valence-electron chi connectivity index (χ4n) is 2.51. The molecule has 0 spiro atoms. The SMILES string of the molecule is CN=C(NCC(C)C)NCC1CCCC(C)C1. The lowest BCUT2D eigenvalue weighted by Gasteiger charge is -2.27. The summed E-state index contributed by atoms with van der Waals surface area (Å²) in [7, 11) is 1.85. The van der Waals surface area contributed by atoms with Gasteiger partial charge in [-0.05, 0) is 30.6 Å². The molecule has 1 aliphatic carbocycles. The van der Waals surface area contributed by atoms with Gasteiger partial charge >= 0.3 is 0 Å². The molecule has 0 aliphatic heterocycles. The van der Waals surface area contributed by atoms with Crippen molar-refractivity contribution in [3.63, 3.8) is 0 Å². The van der Waals surface area contributed by atoms with Crippen LogP contribution in [0.2, 0.25) is 0 Å². The van der Waals surface area contributed by atoms with Crippen molar-refractivity contribution >= 4 is 5.96 Å². The number of guanidine groups is 1. The summed E-state index contributed by atoms with van der Waals surface area (Å²) in [5.41, 5.74) is 0. The highest BCUT2D eigenvalue weighted by atomic mass is 15.2. The Balaban J connectivity index is 2.22. The van der Waals surface area contributed by atoms with Gasteiger partial charge in [0.25, 0.3) is 0 Å². The van der Waals surface area contributed by atoms with Gasteiger partial charge < -0.3 is 10.6 Å². The molecule has 0 amide bonds.